The minimum absolute atomic E-state index is 0.348. The molecule has 0 aliphatic heterocycles. The fourth-order valence-electron chi connectivity index (χ4n) is 9.07. The first-order valence-electron chi connectivity index (χ1n) is 46.8. The minimum Gasteiger partial charge on any atom is -0.456 e. The quantitative estimate of drug-likeness (QED) is 0.155. The summed E-state index contributed by atoms with van der Waals surface area (Å²) in [6.45, 7) is 0. The van der Waals surface area contributed by atoms with E-state index in [-0.39, 0.29) is 10.8 Å². The summed E-state index contributed by atoms with van der Waals surface area (Å²) < 4.78 is 436. The standard InChI is InChI=1S/C44H28O.C32H20O/c1-3-13-29(14-4-1)32-25-33(30-15-5-2-6-16-30)27-34(26-32)44-38-20-9-7-18-36(38)43(37-19-8-10-21-39(37)44)31-23-24-42-40(28-31)35-17-11-12-22-41(35)45-42;1-2-10-21(11-3-1)31-24-13-4-6-15-26(24)32(27-16-7-5-14-25(27)31)22-18-19-30-28(20-22)23-12-8-9-17-29(23)33-30/h1-28H;1-20H/i1D,2D,3D,4D,5D,6D,7D,8D,9D,10D,11D,12D,13D,14D,15D,16D,17D,18D,19D,20D,21D,22D,23D,24D,25D,26D,27D,28D;1D,2D,3D,4D,5D,6D,7D,8D,9D,10D,11D,12D,13D,14D,15D,16D,17D,18D,19D,20D. The van der Waals surface area contributed by atoms with Crippen LogP contribution < -0.4 is 0 Å². The molecule has 0 N–H and O–H groups in total. The zero-order valence-corrected chi connectivity index (χ0v) is 38.8. The van der Waals surface area contributed by atoms with Crippen molar-refractivity contribution >= 4 is 87.0 Å². The normalized spacial score (nSPS) is 20.2. The van der Waals surface area contributed by atoms with Crippen molar-refractivity contribution in [3.8, 4) is 66.8 Å². The highest BCUT2D eigenvalue weighted by atomic mass is 16.3. The lowest BCUT2D eigenvalue weighted by Gasteiger charge is -2.19. The predicted molar refractivity (Wildman–Crippen MR) is 330 cm³/mol. The first-order valence-corrected chi connectivity index (χ1v) is 22.8. The molecule has 0 aliphatic rings. The van der Waals surface area contributed by atoms with Crippen molar-refractivity contribution < 1.29 is 74.6 Å². The summed E-state index contributed by atoms with van der Waals surface area (Å²) in [7, 11) is 0. The van der Waals surface area contributed by atoms with Gasteiger partial charge in [-0.2, -0.15) is 0 Å². The second-order valence-electron chi connectivity index (χ2n) is 16.5. The van der Waals surface area contributed by atoms with Gasteiger partial charge in [0.05, 0.1) is 65.8 Å². The van der Waals surface area contributed by atoms with Crippen LogP contribution in [0.3, 0.4) is 0 Å². The van der Waals surface area contributed by atoms with Crippen LogP contribution in [0.1, 0.15) is 65.8 Å². The summed E-state index contributed by atoms with van der Waals surface area (Å²) in [5.74, 6) is 0. The molecule has 2 nitrogen and oxygen atoms in total. The van der Waals surface area contributed by atoms with Crippen molar-refractivity contribution in [1.29, 1.82) is 0 Å². The summed E-state index contributed by atoms with van der Waals surface area (Å²) in [5, 5.41) is -7.27. The van der Waals surface area contributed by atoms with Gasteiger partial charge < -0.3 is 8.83 Å². The third-order valence-electron chi connectivity index (χ3n) is 12.3. The van der Waals surface area contributed by atoms with Gasteiger partial charge in [0.2, 0.25) is 0 Å². The van der Waals surface area contributed by atoms with Gasteiger partial charge in [0.1, 0.15) is 22.3 Å². The summed E-state index contributed by atoms with van der Waals surface area (Å²) in [5.41, 5.74) is -11.6. The minimum atomic E-state index is -1.16. The monoisotopic (exact) mass is 1040 g/mol. The molecule has 16 rings (SSSR count). The van der Waals surface area contributed by atoms with Gasteiger partial charge in [0.25, 0.3) is 0 Å². The van der Waals surface area contributed by atoms with Gasteiger partial charge in [-0.25, -0.2) is 0 Å². The highest BCUT2D eigenvalue weighted by Crippen LogP contribution is 2.48. The van der Waals surface area contributed by atoms with Crippen molar-refractivity contribution in [1.82, 2.24) is 0 Å². The molecule has 78 heavy (non-hydrogen) atoms. The molecular formula is C76H48O2. The van der Waals surface area contributed by atoms with Crippen molar-refractivity contribution in [3.63, 3.8) is 0 Å². The third-order valence-corrected chi connectivity index (χ3v) is 12.3. The van der Waals surface area contributed by atoms with E-state index >= 15 is 0 Å². The van der Waals surface area contributed by atoms with E-state index in [9.17, 15) is 13.7 Å². The Labute approximate surface area is 518 Å². The Bertz CT molecular complexity index is 7570. The van der Waals surface area contributed by atoms with Gasteiger partial charge in [0.15, 0.2) is 0 Å². The average molecular weight is 1040 g/mol. The van der Waals surface area contributed by atoms with Crippen LogP contribution in [0.2, 0.25) is 0 Å². The van der Waals surface area contributed by atoms with E-state index in [4.69, 9.17) is 60.9 Å². The van der Waals surface area contributed by atoms with Crippen molar-refractivity contribution in [2.45, 2.75) is 0 Å². The first-order chi connectivity index (χ1) is 58.7. The maximum Gasteiger partial charge on any atom is 0.135 e. The van der Waals surface area contributed by atoms with Crippen LogP contribution in [-0.4, -0.2) is 0 Å². The van der Waals surface area contributed by atoms with Crippen LogP contribution in [0.4, 0.5) is 0 Å². The molecular weight excluding hydrogens is 945 g/mol. The lowest BCUT2D eigenvalue weighted by atomic mass is 9.84. The van der Waals surface area contributed by atoms with Crippen molar-refractivity contribution in [2.75, 3.05) is 0 Å². The van der Waals surface area contributed by atoms with E-state index in [0.29, 0.717) is 0 Å². The van der Waals surface area contributed by atoms with E-state index in [1.807, 2.05) is 0 Å². The molecule has 2 heterocycles. The largest absolute Gasteiger partial charge is 0.456 e. The van der Waals surface area contributed by atoms with Crippen LogP contribution in [0.25, 0.3) is 154 Å². The number of para-hydroxylation sites is 2. The van der Waals surface area contributed by atoms with Crippen LogP contribution in [0.15, 0.2) is 299 Å². The molecule has 0 amide bonds. The maximum absolute atomic E-state index is 9.89. The van der Waals surface area contributed by atoms with Crippen LogP contribution in [-0.2, 0) is 0 Å². The van der Waals surface area contributed by atoms with Crippen LogP contribution in [0.5, 0.6) is 0 Å². The number of hydrogen-bond acceptors (Lipinski definition) is 2. The molecule has 0 saturated carbocycles. The van der Waals surface area contributed by atoms with E-state index < -0.39 is 433 Å². The zero-order chi connectivity index (χ0) is 93.3. The number of furan rings is 2. The molecule has 0 spiro atoms. The Morgan fingerprint density at radius 2 is 0.423 bits per heavy atom. The van der Waals surface area contributed by atoms with Crippen LogP contribution >= 0.6 is 0 Å². The van der Waals surface area contributed by atoms with Crippen molar-refractivity contribution in [3.05, 3.63) is 290 Å². The fraction of sp³-hybridized carbons (Fsp3) is 0. The number of benzene rings is 14. The molecule has 2 aromatic heterocycles. The summed E-state index contributed by atoms with van der Waals surface area (Å²) >= 11 is 0. The molecule has 0 fully saturated rings. The Morgan fingerprint density at radius 1 is 0.167 bits per heavy atom. The van der Waals surface area contributed by atoms with E-state index in [0.717, 1.165) is 0 Å². The molecule has 0 atom stereocenters. The second-order valence-corrected chi connectivity index (χ2v) is 16.5. The van der Waals surface area contributed by atoms with Crippen LogP contribution in [0, 0.1) is 0 Å². The van der Waals surface area contributed by atoms with E-state index in [1.54, 1.807) is 0 Å². The number of hydrogen-bond donors (Lipinski definition) is 0. The zero-order valence-electron chi connectivity index (χ0n) is 86.8. The summed E-state index contributed by atoms with van der Waals surface area (Å²) in [4.78, 5) is 0. The Morgan fingerprint density at radius 3 is 0.782 bits per heavy atom. The SMILES string of the molecule is [2H]c1c([2H])c([2H])c(-c2c([2H])c(-c3c([2H])c([2H])c([2H])c([2H])c3[2H])c([2H])c(-c3c4c([2H])c([2H])c([2H])c([2H])c4c(-c4c([2H])c([2H])c5oc6c([2H])c([2H])c([2H])c([2H])c6c5c4[2H])c4c([2H])c([2H])c([2H])c([2H])c34)c2[2H])c([2H])c1[2H].[2H]c1c([2H])c([2H])c(-c2c3c([2H])c([2H])c([2H])c([2H])c3c(-c3c([2H])c([2H])c4oc5c([2H])c([2H])c([2H])c([2H])c5c4c3[2H])c3c([2H])c([2H])c([2H])c([2H])c23)c([2H])c1[2H]. The molecule has 0 radical (unpaired) electrons. The molecule has 16 aromatic rings. The Hall–Kier alpha value is -10.3. The van der Waals surface area contributed by atoms with Gasteiger partial charge in [-0.15, -0.1) is 0 Å². The Balaban J connectivity index is 0.000000204. The summed E-state index contributed by atoms with van der Waals surface area (Å²) in [6, 6.07) is -43.8. The average Bonchev–Trinajstić information content (AvgIpc) is 0.793. The lowest BCUT2D eigenvalue weighted by molar-refractivity contribution is 0.668. The molecule has 0 unspecified atom stereocenters. The molecule has 14 aromatic carbocycles. The van der Waals surface area contributed by atoms with Crippen molar-refractivity contribution in [2.24, 2.45) is 0 Å². The van der Waals surface area contributed by atoms with E-state index in [1.165, 1.54) is 0 Å². The van der Waals surface area contributed by atoms with Gasteiger partial charge in [0, 0.05) is 21.5 Å². The number of fused-ring (bicyclic) bond motifs is 10. The fourth-order valence-corrected chi connectivity index (χ4v) is 9.07. The molecule has 0 saturated heterocycles. The molecule has 364 valence electrons. The van der Waals surface area contributed by atoms with Gasteiger partial charge in [-0.3, -0.25) is 0 Å². The highest BCUT2D eigenvalue weighted by molar-refractivity contribution is 6.24. The molecule has 0 bridgehead atoms. The highest BCUT2D eigenvalue weighted by Gasteiger charge is 2.21. The smallest absolute Gasteiger partial charge is 0.135 e. The maximum atomic E-state index is 9.89. The van der Waals surface area contributed by atoms with Gasteiger partial charge in [-0.1, -0.05) is 236 Å². The Kier molecular flexibility index (Phi) is 4.32. The lowest BCUT2D eigenvalue weighted by Crippen LogP contribution is -1.92. The van der Waals surface area contributed by atoms with E-state index in [2.05, 4.69) is 0 Å². The van der Waals surface area contributed by atoms with Gasteiger partial charge in [-0.05, 0) is 164 Å². The predicted octanol–water partition coefficient (Wildman–Crippen LogP) is 21.8. The second kappa shape index (κ2) is 18.8. The summed E-state index contributed by atoms with van der Waals surface area (Å²) in [6.07, 6.45) is 0. The topological polar surface area (TPSA) is 26.3 Å². The first kappa shape index (κ1) is 17.9. The molecule has 0 aliphatic carbocycles. The third kappa shape index (κ3) is 7.65. The van der Waals surface area contributed by atoms with Gasteiger partial charge >= 0.3 is 0 Å². The number of rotatable bonds is 6. The molecule has 2 heteroatoms.